The minimum absolute atomic E-state index is 0. The Morgan fingerprint density at radius 3 is 1.79 bits per heavy atom. The molecule has 170 valence electrons. The van der Waals surface area contributed by atoms with Crippen molar-refractivity contribution in [1.82, 2.24) is 19.1 Å². The standard InChI is InChI=1S/C11H9BrN4.C11H10N4.CH3.BH4/c1-14-10-9(13)16(11(12)15-10)7-8-5-3-2-4-6-8;1-13-11-10(12)15(8-14-11)7-9-5-3-2-4-6-9;;/h2-6H,7,13H2;2-6,8H,7,12H2;1H3;1H4/q;;2*-1. The number of halogens is 1. The molecule has 33 heavy (non-hydrogen) atoms. The molecule has 0 aliphatic heterocycles. The maximum atomic E-state index is 6.92. The highest BCUT2D eigenvalue weighted by molar-refractivity contribution is 9.10. The van der Waals surface area contributed by atoms with Gasteiger partial charge in [-0.15, -0.1) is 4.98 Å². The molecule has 0 spiro atoms. The summed E-state index contributed by atoms with van der Waals surface area (Å²) >= 11 is 3.29. The summed E-state index contributed by atoms with van der Waals surface area (Å²) < 4.78 is 4.12. The zero-order valence-electron chi connectivity index (χ0n) is 17.5. The van der Waals surface area contributed by atoms with Gasteiger partial charge in [0.1, 0.15) is 11.6 Å². The van der Waals surface area contributed by atoms with Crippen molar-refractivity contribution in [2.24, 2.45) is 0 Å². The molecular weight excluding hydrogens is 479 g/mol. The quantitative estimate of drug-likeness (QED) is 0.325. The predicted molar refractivity (Wildman–Crippen MR) is 142 cm³/mol. The molecule has 2 aromatic carbocycles. The second-order valence-corrected chi connectivity index (χ2v) is 7.16. The normalized spacial score (nSPS) is 9.30. The Balaban J connectivity index is 0.000000312. The van der Waals surface area contributed by atoms with E-state index in [4.69, 9.17) is 24.6 Å². The number of nitrogen functional groups attached to an aromatic ring is 2. The van der Waals surface area contributed by atoms with Gasteiger partial charge in [0.05, 0.1) is 13.1 Å². The van der Waals surface area contributed by atoms with Crippen molar-refractivity contribution >= 4 is 47.6 Å². The average Bonchev–Trinajstić information content (AvgIpc) is 3.29. The molecule has 4 aromatic rings. The molecule has 0 radical (unpaired) electrons. The highest BCUT2D eigenvalue weighted by Gasteiger charge is 2.15. The van der Waals surface area contributed by atoms with Crippen LogP contribution in [0, 0.1) is 20.6 Å². The lowest BCUT2D eigenvalue weighted by molar-refractivity contribution is 0.785. The van der Waals surface area contributed by atoms with Crippen LogP contribution in [0.1, 0.15) is 11.1 Å². The van der Waals surface area contributed by atoms with Crippen LogP contribution < -0.4 is 11.5 Å². The predicted octanol–water partition coefficient (Wildman–Crippen LogP) is 3.89. The molecule has 4 N–H and O–H groups in total. The minimum Gasteiger partial charge on any atom is -0.392 e. The van der Waals surface area contributed by atoms with E-state index in [-0.39, 0.29) is 27.5 Å². The lowest BCUT2D eigenvalue weighted by Crippen LogP contribution is -2.04. The Labute approximate surface area is 204 Å². The number of aromatic nitrogens is 4. The third kappa shape index (κ3) is 6.73. The molecule has 0 saturated carbocycles. The van der Waals surface area contributed by atoms with Crippen molar-refractivity contribution < 1.29 is 0 Å². The fourth-order valence-electron chi connectivity index (χ4n) is 2.80. The fourth-order valence-corrected chi connectivity index (χ4v) is 3.28. The number of benzene rings is 2. The Morgan fingerprint density at radius 2 is 1.33 bits per heavy atom. The van der Waals surface area contributed by atoms with Gasteiger partial charge in [-0.25, -0.2) is 0 Å². The summed E-state index contributed by atoms with van der Waals surface area (Å²) in [6, 6.07) is 19.8. The van der Waals surface area contributed by atoms with E-state index in [9.17, 15) is 0 Å². The van der Waals surface area contributed by atoms with Crippen LogP contribution in [0.4, 0.5) is 23.3 Å². The van der Waals surface area contributed by atoms with E-state index in [2.05, 4.69) is 35.6 Å². The molecule has 4 rings (SSSR count). The van der Waals surface area contributed by atoms with Crippen LogP contribution >= 0.6 is 15.9 Å². The van der Waals surface area contributed by atoms with E-state index >= 15 is 0 Å². The molecule has 0 bridgehead atoms. The first-order valence-electron chi connectivity index (χ1n) is 9.18. The van der Waals surface area contributed by atoms with E-state index in [0.717, 1.165) is 11.1 Å². The summed E-state index contributed by atoms with van der Waals surface area (Å²) in [5.41, 5.74) is 13.8. The van der Waals surface area contributed by atoms with Crippen LogP contribution in [-0.2, 0) is 13.1 Å². The van der Waals surface area contributed by atoms with Crippen LogP contribution in [0.2, 0.25) is 0 Å². The van der Waals surface area contributed by atoms with Crippen molar-refractivity contribution in [3.05, 3.63) is 113 Å². The number of hydrogen-bond donors (Lipinski definition) is 2. The molecule has 2 heterocycles. The molecular formula is C23H26BBrN8-2. The molecule has 2 aromatic heterocycles. The molecule has 0 amide bonds. The number of nitrogens with zero attached hydrogens (tertiary/aromatic N) is 6. The fraction of sp³-hybridized carbons (Fsp3) is 0.0870. The zero-order chi connectivity index (χ0) is 22.2. The van der Waals surface area contributed by atoms with Gasteiger partial charge in [-0.2, -0.15) is 0 Å². The smallest absolute Gasteiger partial charge is 0.312 e. The number of nitrogens with two attached hydrogens (primary N) is 2. The van der Waals surface area contributed by atoms with Crippen LogP contribution in [-0.4, -0.2) is 27.5 Å². The molecule has 0 aliphatic rings. The minimum atomic E-state index is 0. The van der Waals surface area contributed by atoms with Crippen LogP contribution in [0.5, 0.6) is 0 Å². The maximum absolute atomic E-state index is 6.92. The summed E-state index contributed by atoms with van der Waals surface area (Å²) in [5.74, 6) is 1.33. The van der Waals surface area contributed by atoms with Crippen molar-refractivity contribution in [1.29, 1.82) is 0 Å². The molecule has 0 atom stereocenters. The van der Waals surface area contributed by atoms with E-state index in [1.54, 1.807) is 15.5 Å². The number of anilines is 2. The van der Waals surface area contributed by atoms with Crippen molar-refractivity contribution in [3.8, 4) is 0 Å². The van der Waals surface area contributed by atoms with Crippen molar-refractivity contribution in [2.45, 2.75) is 13.1 Å². The molecule has 0 fully saturated rings. The lowest BCUT2D eigenvalue weighted by atomic mass is 10.2. The highest BCUT2D eigenvalue weighted by atomic mass is 79.9. The van der Waals surface area contributed by atoms with Gasteiger partial charge in [-0.3, -0.25) is 4.57 Å². The first-order chi connectivity index (χ1) is 15.0. The summed E-state index contributed by atoms with van der Waals surface area (Å²) in [6.07, 6.45) is 1.59. The topological polar surface area (TPSA) is 96.4 Å². The Kier molecular flexibility index (Phi) is 10.4. The van der Waals surface area contributed by atoms with Gasteiger partial charge in [0.15, 0.2) is 6.33 Å². The van der Waals surface area contributed by atoms with Crippen LogP contribution in [0.3, 0.4) is 0 Å². The lowest BCUT2D eigenvalue weighted by Gasteiger charge is -2.05. The second kappa shape index (κ2) is 12.7. The van der Waals surface area contributed by atoms with E-state index in [1.807, 2.05) is 60.7 Å². The summed E-state index contributed by atoms with van der Waals surface area (Å²) in [4.78, 5) is 14.4. The van der Waals surface area contributed by atoms with Crippen molar-refractivity contribution in [3.63, 3.8) is 0 Å². The second-order valence-electron chi connectivity index (χ2n) is 6.45. The third-order valence-corrected chi connectivity index (χ3v) is 5.00. The molecule has 10 heteroatoms. The SMILES string of the molecule is [BH4-].[C-]#[N+]c1nc(Br)n(Cc2ccccc2)c1N.[C-]#[N+]c1ncn(Cc2ccccc2)c1N.[CH3-]. The van der Waals surface area contributed by atoms with Gasteiger partial charge in [-0.1, -0.05) is 87.2 Å². The van der Waals surface area contributed by atoms with Gasteiger partial charge in [0, 0.05) is 15.9 Å². The highest BCUT2D eigenvalue weighted by Crippen LogP contribution is 2.26. The van der Waals surface area contributed by atoms with Crippen LogP contribution in [0.15, 0.2) is 71.7 Å². The molecule has 8 nitrogen and oxygen atoms in total. The Hall–Kier alpha value is -4.02. The molecule has 0 aliphatic carbocycles. The molecule has 0 saturated heterocycles. The van der Waals surface area contributed by atoms with E-state index in [0.29, 0.717) is 29.5 Å². The third-order valence-electron chi connectivity index (χ3n) is 4.39. The maximum Gasteiger partial charge on any atom is 0.312 e. The largest absolute Gasteiger partial charge is 0.392 e. The Bertz CT molecular complexity index is 1240. The molecule has 0 unspecified atom stereocenters. The summed E-state index contributed by atoms with van der Waals surface area (Å²) in [5, 5.41) is 0. The van der Waals surface area contributed by atoms with Crippen LogP contribution in [0.25, 0.3) is 9.69 Å². The first kappa shape index (κ1) is 27.0. The van der Waals surface area contributed by atoms with Gasteiger partial charge in [0.25, 0.3) is 4.73 Å². The Morgan fingerprint density at radius 1 is 0.818 bits per heavy atom. The van der Waals surface area contributed by atoms with Gasteiger partial charge >= 0.3 is 11.6 Å². The number of hydrogen-bond acceptors (Lipinski definition) is 4. The summed E-state index contributed by atoms with van der Waals surface area (Å²) in [7, 11) is 0. The average molecular weight is 505 g/mol. The summed E-state index contributed by atoms with van der Waals surface area (Å²) in [6.45, 7) is 15.0. The van der Waals surface area contributed by atoms with E-state index < -0.39 is 0 Å². The van der Waals surface area contributed by atoms with Gasteiger partial charge in [-0.05, 0) is 11.1 Å². The monoisotopic (exact) mass is 504 g/mol. The van der Waals surface area contributed by atoms with E-state index in [1.165, 1.54) is 0 Å². The first-order valence-corrected chi connectivity index (χ1v) is 9.97. The number of imidazole rings is 2. The van der Waals surface area contributed by atoms with Gasteiger partial charge < -0.3 is 33.2 Å². The zero-order valence-corrected chi connectivity index (χ0v) is 19.1. The van der Waals surface area contributed by atoms with Crippen molar-refractivity contribution in [2.75, 3.05) is 11.5 Å². The van der Waals surface area contributed by atoms with Gasteiger partial charge in [0.2, 0.25) is 0 Å². The number of rotatable bonds is 4.